The van der Waals surface area contributed by atoms with Gasteiger partial charge in [-0.3, -0.25) is 0 Å². The zero-order valence-electron chi connectivity index (χ0n) is 13.0. The lowest BCUT2D eigenvalue weighted by atomic mass is 9.67. The average Bonchev–Trinajstić information content (AvgIpc) is 3.25. The summed E-state index contributed by atoms with van der Waals surface area (Å²) in [5.41, 5.74) is -2.54. The van der Waals surface area contributed by atoms with E-state index in [1.807, 2.05) is 20.8 Å². The lowest BCUT2D eigenvalue weighted by Crippen LogP contribution is -2.49. The minimum atomic E-state index is -1.49. The first kappa shape index (κ1) is 16.1. The van der Waals surface area contributed by atoms with Gasteiger partial charge in [-0.25, -0.2) is 4.79 Å². The summed E-state index contributed by atoms with van der Waals surface area (Å²) in [6.45, 7) is 5.51. The topological polar surface area (TPSA) is 81.3 Å². The zero-order valence-corrected chi connectivity index (χ0v) is 13.0. The molecule has 0 radical (unpaired) electrons. The molecular weight excluding hydrogens is 278 g/mol. The molecule has 1 fully saturated rings. The summed E-state index contributed by atoms with van der Waals surface area (Å²) < 4.78 is 0. The maximum absolute atomic E-state index is 11.2. The van der Waals surface area contributed by atoms with E-state index in [1.54, 1.807) is 18.2 Å². The van der Waals surface area contributed by atoms with Gasteiger partial charge < -0.3 is 10.2 Å². The summed E-state index contributed by atoms with van der Waals surface area (Å²) >= 11 is 0. The largest absolute Gasteiger partial charge is 0.478 e. The van der Waals surface area contributed by atoms with E-state index in [4.69, 9.17) is 0 Å². The Morgan fingerprint density at radius 3 is 2.32 bits per heavy atom. The van der Waals surface area contributed by atoms with Crippen LogP contribution >= 0.6 is 0 Å². The van der Waals surface area contributed by atoms with Crippen LogP contribution < -0.4 is 0 Å². The van der Waals surface area contributed by atoms with Crippen molar-refractivity contribution in [2.24, 2.45) is 10.8 Å². The van der Waals surface area contributed by atoms with Crippen LogP contribution in [-0.4, -0.2) is 21.8 Å². The first-order valence-corrected chi connectivity index (χ1v) is 7.16. The summed E-state index contributed by atoms with van der Waals surface area (Å²) in [5.74, 6) is 4.55. The van der Waals surface area contributed by atoms with Crippen molar-refractivity contribution >= 4 is 5.97 Å². The second-order valence-corrected chi connectivity index (χ2v) is 6.76. The van der Waals surface area contributed by atoms with Gasteiger partial charge in [0.1, 0.15) is 5.60 Å². The van der Waals surface area contributed by atoms with Gasteiger partial charge in [0.15, 0.2) is 0 Å². The second-order valence-electron chi connectivity index (χ2n) is 6.76. The number of hydrogen-bond donors (Lipinski definition) is 2. The molecule has 0 saturated heterocycles. The highest BCUT2D eigenvalue weighted by molar-refractivity contribution is 5.90. The second kappa shape index (κ2) is 5.16. The average molecular weight is 297 g/mol. The molecule has 0 aliphatic heterocycles. The Morgan fingerprint density at radius 1 is 1.27 bits per heavy atom. The van der Waals surface area contributed by atoms with Crippen LogP contribution in [0.3, 0.4) is 0 Å². The van der Waals surface area contributed by atoms with Crippen molar-refractivity contribution in [2.75, 3.05) is 0 Å². The molecule has 2 rings (SSSR count). The van der Waals surface area contributed by atoms with Crippen molar-refractivity contribution in [3.8, 4) is 17.9 Å². The van der Waals surface area contributed by atoms with Gasteiger partial charge in [0.05, 0.1) is 17.0 Å². The predicted molar refractivity (Wildman–Crippen MR) is 82.0 cm³/mol. The number of aromatic carboxylic acids is 1. The highest BCUT2D eigenvalue weighted by atomic mass is 16.4. The lowest BCUT2D eigenvalue weighted by Gasteiger charge is -2.39. The highest BCUT2D eigenvalue weighted by Crippen LogP contribution is 2.59. The molecule has 1 aromatic rings. The minimum Gasteiger partial charge on any atom is -0.478 e. The van der Waals surface area contributed by atoms with Gasteiger partial charge in [0.2, 0.25) is 0 Å². The number of nitriles is 1. The molecule has 2 N–H and O–H groups in total. The van der Waals surface area contributed by atoms with Crippen molar-refractivity contribution in [1.82, 2.24) is 0 Å². The standard InChI is InChI=1S/C18H19NO3/c1-16(2,3)18(22,17(12-19)10-11-17)9-8-13-6-4-5-7-14(13)15(20)21/h4-7,22H,10-11H2,1-3H3,(H,20,21)/t18-/m1/s1. The number of aliphatic hydroxyl groups is 1. The minimum absolute atomic E-state index is 0.0908. The van der Waals surface area contributed by atoms with E-state index in [2.05, 4.69) is 17.9 Å². The SMILES string of the molecule is CC(C)(C)[C@](O)(C#Cc1ccccc1C(=O)O)C1(C#N)CC1. The molecule has 1 saturated carbocycles. The molecule has 0 spiro atoms. The van der Waals surface area contributed by atoms with Crippen molar-refractivity contribution in [1.29, 1.82) is 5.26 Å². The summed E-state index contributed by atoms with van der Waals surface area (Å²) in [4.78, 5) is 11.2. The third-order valence-electron chi connectivity index (χ3n) is 4.28. The smallest absolute Gasteiger partial charge is 0.336 e. The Hall–Kier alpha value is -2.30. The third-order valence-corrected chi connectivity index (χ3v) is 4.28. The summed E-state index contributed by atoms with van der Waals surface area (Å²) in [5, 5.41) is 29.7. The Bertz CT molecular complexity index is 708. The highest BCUT2D eigenvalue weighted by Gasteiger charge is 2.64. The molecule has 1 aliphatic carbocycles. The van der Waals surface area contributed by atoms with Crippen LogP contribution in [0.4, 0.5) is 0 Å². The van der Waals surface area contributed by atoms with Gasteiger partial charge in [-0.15, -0.1) is 0 Å². The number of hydrogen-bond acceptors (Lipinski definition) is 3. The first-order valence-electron chi connectivity index (χ1n) is 7.16. The summed E-state index contributed by atoms with van der Waals surface area (Å²) in [6, 6.07) is 8.60. The van der Waals surface area contributed by atoms with E-state index in [0.29, 0.717) is 18.4 Å². The Morgan fingerprint density at radius 2 is 1.86 bits per heavy atom. The Kier molecular flexibility index (Phi) is 3.77. The fraction of sp³-hybridized carbons (Fsp3) is 0.444. The summed E-state index contributed by atoms with van der Waals surface area (Å²) in [7, 11) is 0. The predicted octanol–water partition coefficient (Wildman–Crippen LogP) is 2.82. The number of nitrogens with zero attached hydrogens (tertiary/aromatic N) is 1. The molecule has 0 unspecified atom stereocenters. The van der Waals surface area contributed by atoms with Gasteiger partial charge in [0.25, 0.3) is 0 Å². The van der Waals surface area contributed by atoms with Gasteiger partial charge in [0, 0.05) is 11.0 Å². The number of carbonyl (C=O) groups is 1. The van der Waals surface area contributed by atoms with Gasteiger partial charge in [-0.1, -0.05) is 44.7 Å². The van der Waals surface area contributed by atoms with Crippen molar-refractivity contribution in [3.63, 3.8) is 0 Å². The third kappa shape index (κ3) is 2.47. The molecule has 1 atom stereocenters. The van der Waals surface area contributed by atoms with E-state index < -0.39 is 22.4 Å². The molecule has 0 amide bonds. The molecule has 22 heavy (non-hydrogen) atoms. The van der Waals surface area contributed by atoms with E-state index in [1.165, 1.54) is 6.07 Å². The van der Waals surface area contributed by atoms with Gasteiger partial charge >= 0.3 is 5.97 Å². The van der Waals surface area contributed by atoms with Gasteiger partial charge in [-0.05, 0) is 25.0 Å². The van der Waals surface area contributed by atoms with E-state index >= 15 is 0 Å². The van der Waals surface area contributed by atoms with Gasteiger partial charge in [-0.2, -0.15) is 5.26 Å². The molecule has 0 bridgehead atoms. The molecule has 0 heterocycles. The van der Waals surface area contributed by atoms with Crippen molar-refractivity contribution in [2.45, 2.75) is 39.2 Å². The van der Waals surface area contributed by atoms with E-state index in [9.17, 15) is 20.3 Å². The molecular formula is C18H19NO3. The van der Waals surface area contributed by atoms with Crippen LogP contribution in [0, 0.1) is 34.0 Å². The maximum atomic E-state index is 11.2. The first-order chi connectivity index (χ1) is 10.2. The fourth-order valence-corrected chi connectivity index (χ4v) is 2.64. The number of carboxylic acids is 1. The van der Waals surface area contributed by atoms with Crippen LogP contribution in [0.5, 0.6) is 0 Å². The number of carboxylic acid groups (broad SMARTS) is 1. The summed E-state index contributed by atoms with van der Waals surface area (Å²) in [6.07, 6.45) is 1.21. The van der Waals surface area contributed by atoms with E-state index in [0.717, 1.165) is 0 Å². The monoisotopic (exact) mass is 297 g/mol. The van der Waals surface area contributed by atoms with E-state index in [-0.39, 0.29) is 5.56 Å². The molecule has 1 aliphatic rings. The maximum Gasteiger partial charge on any atom is 0.336 e. The van der Waals surface area contributed by atoms with Crippen LogP contribution in [0.15, 0.2) is 24.3 Å². The molecule has 1 aromatic carbocycles. The normalized spacial score (nSPS) is 18.3. The lowest BCUT2D eigenvalue weighted by molar-refractivity contribution is -0.0470. The van der Waals surface area contributed by atoms with Crippen molar-refractivity contribution in [3.05, 3.63) is 35.4 Å². The molecule has 0 aromatic heterocycles. The Labute approximate surface area is 130 Å². The molecule has 4 heteroatoms. The van der Waals surface area contributed by atoms with Crippen LogP contribution in [-0.2, 0) is 0 Å². The van der Waals surface area contributed by atoms with Crippen LogP contribution in [0.1, 0.15) is 49.5 Å². The quantitative estimate of drug-likeness (QED) is 0.822. The zero-order chi connectivity index (χ0) is 16.6. The number of rotatable bonds is 2. The number of benzene rings is 1. The molecule has 114 valence electrons. The molecule has 4 nitrogen and oxygen atoms in total. The fourth-order valence-electron chi connectivity index (χ4n) is 2.64. The van der Waals surface area contributed by atoms with Crippen molar-refractivity contribution < 1.29 is 15.0 Å². The Balaban J connectivity index is 2.53. The van der Waals surface area contributed by atoms with Crippen LogP contribution in [0.25, 0.3) is 0 Å². The van der Waals surface area contributed by atoms with Crippen LogP contribution in [0.2, 0.25) is 0 Å².